The van der Waals surface area contributed by atoms with E-state index in [4.69, 9.17) is 4.84 Å². The Kier molecular flexibility index (Phi) is 5.44. The second kappa shape index (κ2) is 6.27. The minimum atomic E-state index is -2.05. The maximum absolute atomic E-state index is 11.8. The first-order valence-corrected chi connectivity index (χ1v) is 16.6. The molecule has 0 saturated carbocycles. The summed E-state index contributed by atoms with van der Waals surface area (Å²) in [4.78, 5) is 24.2. The number of benzene rings is 1. The fourth-order valence-corrected chi connectivity index (χ4v) is 5.05. The molecule has 0 bridgehead atoms. The molecule has 106 valence electrons. The molecule has 0 radical (unpaired) electrons. The first-order valence-electron chi connectivity index (χ1n) is 6.64. The number of hydrogen-bond acceptors (Lipinski definition) is 2. The van der Waals surface area contributed by atoms with Crippen molar-refractivity contribution < 1.29 is 9.63 Å². The van der Waals surface area contributed by atoms with Crippen molar-refractivity contribution in [3.63, 3.8) is 0 Å². The fourth-order valence-electron chi connectivity index (χ4n) is 1.58. The van der Waals surface area contributed by atoms with Gasteiger partial charge >= 0.3 is 120 Å². The van der Waals surface area contributed by atoms with E-state index in [1.54, 1.807) is 0 Å². The molecule has 0 aliphatic rings. The molecule has 1 N–H and O–H groups in total. The van der Waals surface area contributed by atoms with Gasteiger partial charge in [-0.05, 0) is 0 Å². The van der Waals surface area contributed by atoms with Crippen molar-refractivity contribution in [2.24, 2.45) is 0 Å². The van der Waals surface area contributed by atoms with E-state index in [-0.39, 0.29) is 11.5 Å². The van der Waals surface area contributed by atoms with Gasteiger partial charge in [-0.2, -0.15) is 0 Å². The summed E-state index contributed by atoms with van der Waals surface area (Å²) in [6.07, 6.45) is 0.367. The molecule has 1 aromatic carbocycles. The second-order valence-corrected chi connectivity index (χ2v) is 21.4. The molecule has 4 heteroatoms. The van der Waals surface area contributed by atoms with Gasteiger partial charge in [-0.15, -0.1) is 0 Å². The van der Waals surface area contributed by atoms with Crippen LogP contribution >= 0.6 is 0 Å². The van der Waals surface area contributed by atoms with Gasteiger partial charge in [0.15, 0.2) is 0 Å². The Bertz CT molecular complexity index is 444. The van der Waals surface area contributed by atoms with Crippen LogP contribution in [0.4, 0.5) is 0 Å². The van der Waals surface area contributed by atoms with Gasteiger partial charge in [-0.1, -0.05) is 0 Å². The monoisotopic (exact) mass is 371 g/mol. The van der Waals surface area contributed by atoms with Gasteiger partial charge in [0.05, 0.1) is 0 Å². The molecule has 1 amide bonds. The first-order chi connectivity index (χ1) is 8.58. The van der Waals surface area contributed by atoms with Crippen molar-refractivity contribution in [2.45, 2.75) is 47.6 Å². The third-order valence-electron chi connectivity index (χ3n) is 2.63. The van der Waals surface area contributed by atoms with Crippen molar-refractivity contribution in [2.75, 3.05) is 0 Å². The molecular weight excluding hydrogens is 345 g/mol. The van der Waals surface area contributed by atoms with Crippen LogP contribution in [0.15, 0.2) is 24.3 Å². The van der Waals surface area contributed by atoms with Gasteiger partial charge in [0.1, 0.15) is 0 Å². The predicted octanol–water partition coefficient (Wildman–Crippen LogP) is 2.62. The zero-order chi connectivity index (χ0) is 14.7. The number of amides is 1. The average Bonchev–Trinajstić information content (AvgIpc) is 2.25. The summed E-state index contributed by atoms with van der Waals surface area (Å²) < 4.78 is 1.44. The van der Waals surface area contributed by atoms with Crippen LogP contribution in [0.25, 0.3) is 0 Å². The van der Waals surface area contributed by atoms with Crippen LogP contribution in [0.5, 0.6) is 0 Å². The number of rotatable bonds is 4. The summed E-state index contributed by atoms with van der Waals surface area (Å²) in [6, 6.07) is 8.40. The van der Waals surface area contributed by atoms with Gasteiger partial charge in [0, 0.05) is 0 Å². The summed E-state index contributed by atoms with van der Waals surface area (Å²) in [6.45, 7) is 5.71. The number of carbonyl (C=O) groups excluding carboxylic acids is 1. The minimum absolute atomic E-state index is 0.101. The number of nitrogens with one attached hydrogen (secondary N) is 1. The molecule has 0 atom stereocenters. The van der Waals surface area contributed by atoms with Crippen LogP contribution in [0.1, 0.15) is 26.3 Å². The normalized spacial score (nSPS) is 12.3. The molecule has 1 rings (SSSR count). The van der Waals surface area contributed by atoms with Gasteiger partial charge in [-0.25, -0.2) is 0 Å². The summed E-state index contributed by atoms with van der Waals surface area (Å²) in [7, 11) is 0. The molecular formula is C15H25NO2Sn. The van der Waals surface area contributed by atoms with E-state index >= 15 is 0 Å². The fraction of sp³-hybridized carbons (Fsp3) is 0.533. The average molecular weight is 370 g/mol. The Hall–Kier alpha value is -0.551. The molecule has 0 unspecified atom stereocenters. The van der Waals surface area contributed by atoms with E-state index in [1.807, 2.05) is 32.9 Å². The van der Waals surface area contributed by atoms with Crippen LogP contribution in [-0.2, 0) is 16.1 Å². The van der Waals surface area contributed by atoms with E-state index < -0.39 is 18.4 Å². The van der Waals surface area contributed by atoms with E-state index in [2.05, 4.69) is 32.4 Å². The van der Waals surface area contributed by atoms with Crippen molar-refractivity contribution in [1.29, 1.82) is 0 Å². The SMILES string of the molecule is CC(C)(C)ONC(=O)Cc1ccc[c]([Sn]([CH3])([CH3])[CH3])c1. The van der Waals surface area contributed by atoms with Gasteiger partial charge in [0.25, 0.3) is 0 Å². The van der Waals surface area contributed by atoms with Gasteiger partial charge < -0.3 is 0 Å². The van der Waals surface area contributed by atoms with Crippen molar-refractivity contribution in [3.8, 4) is 0 Å². The zero-order valence-corrected chi connectivity index (χ0v) is 15.7. The summed E-state index contributed by atoms with van der Waals surface area (Å²) in [5.74, 6) is -0.101. The van der Waals surface area contributed by atoms with Gasteiger partial charge in [0.2, 0.25) is 0 Å². The maximum atomic E-state index is 11.8. The number of carbonyl (C=O) groups is 1. The second-order valence-electron chi connectivity index (χ2n) is 6.87. The molecule has 3 nitrogen and oxygen atoms in total. The number of hydroxylamine groups is 1. The first kappa shape index (κ1) is 16.5. The Labute approximate surface area is 120 Å². The Morgan fingerprint density at radius 1 is 1.26 bits per heavy atom. The van der Waals surface area contributed by atoms with Crippen LogP contribution in [0, 0.1) is 0 Å². The molecule has 0 spiro atoms. The third kappa shape index (κ3) is 6.43. The molecule has 0 aliphatic heterocycles. The molecule has 0 fully saturated rings. The van der Waals surface area contributed by atoms with Gasteiger partial charge in [-0.3, -0.25) is 0 Å². The van der Waals surface area contributed by atoms with Crippen molar-refractivity contribution in [1.82, 2.24) is 5.48 Å². The van der Waals surface area contributed by atoms with Crippen LogP contribution in [0.3, 0.4) is 0 Å². The van der Waals surface area contributed by atoms with Crippen molar-refractivity contribution in [3.05, 3.63) is 29.8 Å². The third-order valence-corrected chi connectivity index (χ3v) is 8.46. The molecule has 0 saturated heterocycles. The standard InChI is InChI=1S/C12H16NO2.3CH3.Sn/c1-12(2,3)15-13-11(14)9-10-7-5-4-6-8-10;;;;/h4-5,7-8H,9H2,1-3H3,(H,13,14);3*1H3;. The molecule has 0 aromatic heterocycles. The zero-order valence-electron chi connectivity index (χ0n) is 12.8. The summed E-state index contributed by atoms with van der Waals surface area (Å²) in [5.41, 5.74) is 3.20. The Balaban J connectivity index is 2.65. The van der Waals surface area contributed by atoms with Crippen LogP contribution in [-0.4, -0.2) is 29.9 Å². The topological polar surface area (TPSA) is 38.3 Å². The van der Waals surface area contributed by atoms with Crippen molar-refractivity contribution >= 4 is 27.9 Å². The Morgan fingerprint density at radius 2 is 1.89 bits per heavy atom. The van der Waals surface area contributed by atoms with Crippen LogP contribution < -0.4 is 9.06 Å². The van der Waals surface area contributed by atoms with Crippen LogP contribution in [0.2, 0.25) is 14.8 Å². The summed E-state index contributed by atoms with van der Waals surface area (Å²) in [5, 5.41) is 0. The van der Waals surface area contributed by atoms with E-state index in [0.717, 1.165) is 5.56 Å². The van der Waals surface area contributed by atoms with E-state index in [9.17, 15) is 4.79 Å². The molecule has 1 aromatic rings. The molecule has 0 aliphatic carbocycles. The predicted molar refractivity (Wildman–Crippen MR) is 82.1 cm³/mol. The molecule has 0 heterocycles. The molecule has 19 heavy (non-hydrogen) atoms. The van der Waals surface area contributed by atoms with E-state index in [1.165, 1.54) is 3.58 Å². The summed E-state index contributed by atoms with van der Waals surface area (Å²) >= 11 is -2.05. The number of hydrogen-bond donors (Lipinski definition) is 1. The van der Waals surface area contributed by atoms with E-state index in [0.29, 0.717) is 6.42 Å². The Morgan fingerprint density at radius 3 is 2.42 bits per heavy atom. The quantitative estimate of drug-likeness (QED) is 0.654.